The van der Waals surface area contributed by atoms with Crippen LogP contribution >= 0.6 is 15.9 Å². The molecule has 1 unspecified atom stereocenters. The molecule has 0 spiro atoms. The van der Waals surface area contributed by atoms with Crippen LogP contribution < -0.4 is 19.5 Å². The molecule has 142 valence electrons. The number of carbonyl (C=O) groups is 1. The second-order valence-corrected chi connectivity index (χ2v) is 6.54. The number of hydrogen-bond donors (Lipinski definition) is 2. The SMILES string of the molecule is COC(=O)/C=C1\Nc2cc(Br)ccc2OC1c1ccc(OC)c(O)c1OC. The summed E-state index contributed by atoms with van der Waals surface area (Å²) in [6.45, 7) is 0. The molecule has 0 amide bonds. The van der Waals surface area contributed by atoms with Crippen LogP contribution in [-0.4, -0.2) is 32.4 Å². The summed E-state index contributed by atoms with van der Waals surface area (Å²) in [4.78, 5) is 11.9. The van der Waals surface area contributed by atoms with Gasteiger partial charge in [-0.1, -0.05) is 15.9 Å². The third kappa shape index (κ3) is 3.66. The van der Waals surface area contributed by atoms with E-state index in [1.807, 2.05) is 12.1 Å². The molecule has 0 bridgehead atoms. The minimum Gasteiger partial charge on any atom is -0.502 e. The number of anilines is 1. The summed E-state index contributed by atoms with van der Waals surface area (Å²) in [5.41, 5.74) is 1.65. The lowest BCUT2D eigenvalue weighted by Gasteiger charge is -2.31. The fourth-order valence-electron chi connectivity index (χ4n) is 2.80. The molecule has 1 atom stereocenters. The highest BCUT2D eigenvalue weighted by molar-refractivity contribution is 9.10. The van der Waals surface area contributed by atoms with E-state index in [4.69, 9.17) is 18.9 Å². The van der Waals surface area contributed by atoms with E-state index in [0.717, 1.165) is 4.47 Å². The van der Waals surface area contributed by atoms with Gasteiger partial charge < -0.3 is 29.4 Å². The Morgan fingerprint density at radius 3 is 2.67 bits per heavy atom. The van der Waals surface area contributed by atoms with E-state index in [-0.39, 0.29) is 17.2 Å². The highest BCUT2D eigenvalue weighted by Gasteiger charge is 2.31. The molecule has 2 aromatic rings. The van der Waals surface area contributed by atoms with E-state index in [2.05, 4.69) is 21.2 Å². The Morgan fingerprint density at radius 2 is 2.00 bits per heavy atom. The van der Waals surface area contributed by atoms with E-state index in [1.165, 1.54) is 27.4 Å². The van der Waals surface area contributed by atoms with Gasteiger partial charge in [-0.2, -0.15) is 0 Å². The molecule has 1 aliphatic heterocycles. The monoisotopic (exact) mass is 435 g/mol. The molecule has 2 N–H and O–H groups in total. The molecule has 27 heavy (non-hydrogen) atoms. The molecule has 3 rings (SSSR count). The number of hydrogen-bond acceptors (Lipinski definition) is 7. The molecule has 0 radical (unpaired) electrons. The minimum atomic E-state index is -0.732. The quantitative estimate of drug-likeness (QED) is 0.558. The molecule has 1 aliphatic rings. The number of benzene rings is 2. The van der Waals surface area contributed by atoms with Crippen LogP contribution in [0.1, 0.15) is 11.7 Å². The van der Waals surface area contributed by atoms with E-state index in [9.17, 15) is 9.90 Å². The number of halogens is 1. The number of carbonyl (C=O) groups excluding carboxylic acids is 1. The lowest BCUT2D eigenvalue weighted by molar-refractivity contribution is -0.134. The zero-order valence-corrected chi connectivity index (χ0v) is 16.5. The summed E-state index contributed by atoms with van der Waals surface area (Å²) in [6.07, 6.45) is 0.569. The maximum Gasteiger partial charge on any atom is 0.332 e. The van der Waals surface area contributed by atoms with Crippen molar-refractivity contribution in [2.75, 3.05) is 26.6 Å². The molecule has 0 saturated carbocycles. The number of aromatic hydroxyl groups is 1. The standard InChI is InChI=1S/C19H18BrNO6/c1-24-15-7-5-11(19(26-3)17(15)23)18-13(9-16(22)25-2)21-12-8-10(20)4-6-14(12)27-18/h4-9,18,21,23H,1-3H3/b13-9-. The topological polar surface area (TPSA) is 86.3 Å². The second kappa shape index (κ2) is 7.79. The molecular weight excluding hydrogens is 418 g/mol. The summed E-state index contributed by atoms with van der Waals surface area (Å²) in [5, 5.41) is 13.6. The Kier molecular flexibility index (Phi) is 5.46. The molecule has 0 fully saturated rings. The Morgan fingerprint density at radius 1 is 1.22 bits per heavy atom. The number of phenols is 1. The lowest BCUT2D eigenvalue weighted by Crippen LogP contribution is -2.23. The van der Waals surface area contributed by atoms with Crippen LogP contribution in [0.3, 0.4) is 0 Å². The Hall–Kier alpha value is -2.87. The number of nitrogens with one attached hydrogen (secondary N) is 1. The van der Waals surface area contributed by atoms with Crippen molar-refractivity contribution >= 4 is 27.6 Å². The first-order valence-corrected chi connectivity index (χ1v) is 8.74. The van der Waals surface area contributed by atoms with Crippen LogP contribution in [0.25, 0.3) is 0 Å². The van der Waals surface area contributed by atoms with Gasteiger partial charge in [0.15, 0.2) is 17.6 Å². The number of fused-ring (bicyclic) bond motifs is 1. The third-order valence-electron chi connectivity index (χ3n) is 4.05. The summed E-state index contributed by atoms with van der Waals surface area (Å²) < 4.78 is 22.2. The van der Waals surface area contributed by atoms with Gasteiger partial charge in [0.05, 0.1) is 32.7 Å². The molecule has 7 nitrogen and oxygen atoms in total. The fraction of sp³-hybridized carbons (Fsp3) is 0.211. The first-order valence-electron chi connectivity index (χ1n) is 7.95. The predicted octanol–water partition coefficient (Wildman–Crippen LogP) is 3.77. The molecule has 0 aromatic heterocycles. The lowest BCUT2D eigenvalue weighted by atomic mass is 10.0. The molecule has 0 saturated heterocycles. The van der Waals surface area contributed by atoms with Crippen molar-refractivity contribution in [2.45, 2.75) is 6.10 Å². The maximum absolute atomic E-state index is 11.9. The first-order chi connectivity index (χ1) is 13.0. The van der Waals surface area contributed by atoms with Crippen molar-refractivity contribution in [3.8, 4) is 23.0 Å². The summed E-state index contributed by atoms with van der Waals surface area (Å²) in [5.74, 6) is 0.351. The number of rotatable bonds is 4. The molecule has 0 aliphatic carbocycles. The van der Waals surface area contributed by atoms with Crippen molar-refractivity contribution in [3.63, 3.8) is 0 Å². The third-order valence-corrected chi connectivity index (χ3v) is 4.55. The summed E-state index contributed by atoms with van der Waals surface area (Å²) >= 11 is 3.41. The van der Waals surface area contributed by atoms with E-state index in [0.29, 0.717) is 22.7 Å². The van der Waals surface area contributed by atoms with Crippen LogP contribution in [0.2, 0.25) is 0 Å². The normalized spacial score (nSPS) is 16.7. The fourth-order valence-corrected chi connectivity index (χ4v) is 3.16. The molecular formula is C19H18BrNO6. The average Bonchev–Trinajstić information content (AvgIpc) is 2.67. The number of phenolic OH excluding ortho intramolecular Hbond substituents is 1. The highest BCUT2D eigenvalue weighted by atomic mass is 79.9. The van der Waals surface area contributed by atoms with E-state index >= 15 is 0 Å². The second-order valence-electron chi connectivity index (χ2n) is 5.63. The van der Waals surface area contributed by atoms with Gasteiger partial charge in [-0.15, -0.1) is 0 Å². The van der Waals surface area contributed by atoms with Gasteiger partial charge >= 0.3 is 5.97 Å². The van der Waals surface area contributed by atoms with Gasteiger partial charge in [0.1, 0.15) is 5.75 Å². The van der Waals surface area contributed by atoms with Crippen molar-refractivity contribution < 1.29 is 28.8 Å². The van der Waals surface area contributed by atoms with Gasteiger partial charge in [0, 0.05) is 16.1 Å². The highest BCUT2D eigenvalue weighted by Crippen LogP contribution is 2.47. The largest absolute Gasteiger partial charge is 0.502 e. The van der Waals surface area contributed by atoms with Gasteiger partial charge in [0.25, 0.3) is 0 Å². The van der Waals surface area contributed by atoms with Gasteiger partial charge in [-0.25, -0.2) is 4.79 Å². The molecule has 2 aromatic carbocycles. The molecule has 1 heterocycles. The minimum absolute atomic E-state index is 0.153. The Balaban J connectivity index is 2.14. The number of methoxy groups -OCH3 is 3. The van der Waals surface area contributed by atoms with Gasteiger partial charge in [0.2, 0.25) is 5.75 Å². The van der Waals surface area contributed by atoms with E-state index in [1.54, 1.807) is 18.2 Å². The van der Waals surface area contributed by atoms with Crippen LogP contribution in [0.15, 0.2) is 46.6 Å². The summed E-state index contributed by atoms with van der Waals surface area (Å²) in [7, 11) is 4.18. The van der Waals surface area contributed by atoms with Crippen molar-refractivity contribution in [3.05, 3.63) is 52.1 Å². The van der Waals surface area contributed by atoms with Crippen LogP contribution in [0.5, 0.6) is 23.0 Å². The Labute approximate surface area is 164 Å². The Bertz CT molecular complexity index is 911. The van der Waals surface area contributed by atoms with Crippen molar-refractivity contribution in [2.24, 2.45) is 0 Å². The number of esters is 1. The zero-order chi connectivity index (χ0) is 19.6. The molecule has 8 heteroatoms. The van der Waals surface area contributed by atoms with Crippen LogP contribution in [-0.2, 0) is 9.53 Å². The predicted molar refractivity (Wildman–Crippen MR) is 102 cm³/mol. The van der Waals surface area contributed by atoms with Gasteiger partial charge in [-0.05, 0) is 30.3 Å². The zero-order valence-electron chi connectivity index (χ0n) is 14.9. The van der Waals surface area contributed by atoms with Crippen LogP contribution in [0.4, 0.5) is 5.69 Å². The van der Waals surface area contributed by atoms with Crippen molar-refractivity contribution in [1.82, 2.24) is 0 Å². The van der Waals surface area contributed by atoms with Crippen LogP contribution in [0, 0.1) is 0 Å². The van der Waals surface area contributed by atoms with Gasteiger partial charge in [-0.3, -0.25) is 0 Å². The summed E-state index contributed by atoms with van der Waals surface area (Å²) in [6, 6.07) is 8.78. The van der Waals surface area contributed by atoms with E-state index < -0.39 is 12.1 Å². The number of ether oxygens (including phenoxy) is 4. The average molecular weight is 436 g/mol. The smallest absolute Gasteiger partial charge is 0.332 e. The maximum atomic E-state index is 11.9. The first kappa shape index (κ1) is 18.9. The van der Waals surface area contributed by atoms with Crippen molar-refractivity contribution in [1.29, 1.82) is 0 Å².